The summed E-state index contributed by atoms with van der Waals surface area (Å²) >= 11 is 0. The van der Waals surface area contributed by atoms with Crippen LogP contribution in [0.25, 0.3) is 0 Å². The zero-order valence-corrected chi connectivity index (χ0v) is 11.0. The molecule has 0 saturated carbocycles. The summed E-state index contributed by atoms with van der Waals surface area (Å²) in [6.45, 7) is 1.34. The van der Waals surface area contributed by atoms with Gasteiger partial charge in [-0.2, -0.15) is 0 Å². The number of carbonyl (C=O) groups excluding carboxylic acids is 1. The molecule has 0 saturated heterocycles. The average molecular weight is 266 g/mol. The van der Waals surface area contributed by atoms with Crippen molar-refractivity contribution in [3.63, 3.8) is 0 Å². The first-order valence-corrected chi connectivity index (χ1v) is 6.50. The third-order valence-corrected chi connectivity index (χ3v) is 3.64. The van der Waals surface area contributed by atoms with Gasteiger partial charge in [-0.15, -0.1) is 0 Å². The predicted octanol–water partition coefficient (Wildman–Crippen LogP) is 1.22. The lowest BCUT2D eigenvalue weighted by atomic mass is 10.1. The normalized spacial score (nSPS) is 13.4. The second kappa shape index (κ2) is 4.81. The molecule has 0 spiro atoms. The monoisotopic (exact) mass is 266 g/mol. The number of carbonyl (C=O) groups is 1. The van der Waals surface area contributed by atoms with E-state index in [1.54, 1.807) is 6.07 Å². The SMILES string of the molecule is NC(=O)c1ccccc1C[N+]1=C(N)c2ccccc2C1. The summed E-state index contributed by atoms with van der Waals surface area (Å²) in [5.74, 6) is 0.343. The van der Waals surface area contributed by atoms with E-state index in [0.717, 1.165) is 23.5 Å². The summed E-state index contributed by atoms with van der Waals surface area (Å²) < 4.78 is 2.06. The van der Waals surface area contributed by atoms with Crippen LogP contribution in [0.3, 0.4) is 0 Å². The zero-order valence-electron chi connectivity index (χ0n) is 11.0. The van der Waals surface area contributed by atoms with Crippen molar-refractivity contribution in [1.82, 2.24) is 0 Å². The summed E-state index contributed by atoms with van der Waals surface area (Å²) in [5, 5.41) is 0. The van der Waals surface area contributed by atoms with Crippen molar-refractivity contribution < 1.29 is 9.37 Å². The van der Waals surface area contributed by atoms with E-state index in [0.29, 0.717) is 12.1 Å². The van der Waals surface area contributed by atoms with Gasteiger partial charge in [-0.05, 0) is 12.1 Å². The van der Waals surface area contributed by atoms with Gasteiger partial charge in [0.25, 0.3) is 5.84 Å². The van der Waals surface area contributed by atoms with Crippen LogP contribution in [0.4, 0.5) is 0 Å². The number of benzene rings is 2. The van der Waals surface area contributed by atoms with Gasteiger partial charge in [0.05, 0.1) is 5.56 Å². The fourth-order valence-electron chi connectivity index (χ4n) is 2.61. The fourth-order valence-corrected chi connectivity index (χ4v) is 2.61. The second-order valence-electron chi connectivity index (χ2n) is 4.92. The minimum atomic E-state index is -0.407. The highest BCUT2D eigenvalue weighted by Crippen LogP contribution is 2.19. The first kappa shape index (κ1) is 12.4. The van der Waals surface area contributed by atoms with Crippen molar-refractivity contribution in [2.75, 3.05) is 0 Å². The molecule has 1 amide bonds. The van der Waals surface area contributed by atoms with Gasteiger partial charge in [-0.25, -0.2) is 0 Å². The van der Waals surface area contributed by atoms with Crippen LogP contribution in [0.1, 0.15) is 27.0 Å². The number of primary amides is 1. The lowest BCUT2D eigenvalue weighted by Crippen LogP contribution is -2.24. The molecule has 0 atom stereocenters. The molecule has 4 N–H and O–H groups in total. The molecule has 0 radical (unpaired) electrons. The molecule has 1 heterocycles. The van der Waals surface area contributed by atoms with Crippen molar-refractivity contribution >= 4 is 11.7 Å². The number of hydrogen-bond acceptors (Lipinski definition) is 2. The molecular weight excluding hydrogens is 250 g/mol. The fraction of sp³-hybridized carbons (Fsp3) is 0.125. The molecule has 2 aromatic carbocycles. The van der Waals surface area contributed by atoms with E-state index < -0.39 is 5.91 Å². The molecule has 4 nitrogen and oxygen atoms in total. The summed E-state index contributed by atoms with van der Waals surface area (Å²) in [5.41, 5.74) is 15.3. The summed E-state index contributed by atoms with van der Waals surface area (Å²) in [6, 6.07) is 15.5. The number of hydrogen-bond donors (Lipinski definition) is 2. The van der Waals surface area contributed by atoms with Gasteiger partial charge in [0, 0.05) is 16.7 Å². The van der Waals surface area contributed by atoms with E-state index in [-0.39, 0.29) is 0 Å². The van der Waals surface area contributed by atoms with Crippen molar-refractivity contribution in [3.05, 3.63) is 70.8 Å². The maximum absolute atomic E-state index is 11.5. The molecule has 0 fully saturated rings. The van der Waals surface area contributed by atoms with Crippen LogP contribution in [0, 0.1) is 0 Å². The van der Waals surface area contributed by atoms with Crippen LogP contribution in [0.2, 0.25) is 0 Å². The van der Waals surface area contributed by atoms with Gasteiger partial charge >= 0.3 is 0 Å². The average Bonchev–Trinajstić information content (AvgIpc) is 2.76. The highest BCUT2D eigenvalue weighted by atomic mass is 16.1. The lowest BCUT2D eigenvalue weighted by molar-refractivity contribution is -0.555. The third-order valence-electron chi connectivity index (χ3n) is 3.64. The van der Waals surface area contributed by atoms with E-state index >= 15 is 0 Å². The first-order chi connectivity index (χ1) is 9.66. The van der Waals surface area contributed by atoms with Crippen molar-refractivity contribution in [3.8, 4) is 0 Å². The molecule has 20 heavy (non-hydrogen) atoms. The van der Waals surface area contributed by atoms with Crippen molar-refractivity contribution in [2.45, 2.75) is 13.1 Å². The highest BCUT2D eigenvalue weighted by Gasteiger charge is 2.24. The predicted molar refractivity (Wildman–Crippen MR) is 77.4 cm³/mol. The summed E-state index contributed by atoms with van der Waals surface area (Å²) in [6.07, 6.45) is 0. The number of amides is 1. The van der Waals surface area contributed by atoms with E-state index in [1.807, 2.05) is 36.4 Å². The van der Waals surface area contributed by atoms with E-state index in [4.69, 9.17) is 11.5 Å². The standard InChI is InChI=1S/C16H15N3O/c17-15-13-7-3-1-5-11(13)9-19(15)10-12-6-2-4-8-14(12)16(18)20/h1-8,17H,9-10H2,(H2,18,20)/p+1. The molecule has 4 heteroatoms. The smallest absolute Gasteiger partial charge is 0.275 e. The minimum Gasteiger partial charge on any atom is -0.366 e. The number of nitrogens with two attached hydrogens (primary N) is 2. The topological polar surface area (TPSA) is 72.1 Å². The van der Waals surface area contributed by atoms with Crippen LogP contribution >= 0.6 is 0 Å². The Morgan fingerprint density at radius 3 is 2.55 bits per heavy atom. The Bertz CT molecular complexity index is 719. The molecule has 0 unspecified atom stereocenters. The Kier molecular flexibility index (Phi) is 2.99. The Morgan fingerprint density at radius 2 is 1.80 bits per heavy atom. The van der Waals surface area contributed by atoms with Gasteiger partial charge in [0.1, 0.15) is 13.1 Å². The van der Waals surface area contributed by atoms with Crippen LogP contribution in [-0.4, -0.2) is 16.3 Å². The van der Waals surface area contributed by atoms with Crippen molar-refractivity contribution in [2.24, 2.45) is 11.5 Å². The zero-order chi connectivity index (χ0) is 14.1. The first-order valence-electron chi connectivity index (χ1n) is 6.50. The number of amidine groups is 1. The third kappa shape index (κ3) is 2.05. The molecule has 0 aromatic heterocycles. The molecule has 0 bridgehead atoms. The second-order valence-corrected chi connectivity index (χ2v) is 4.92. The van der Waals surface area contributed by atoms with E-state index in [1.165, 1.54) is 5.56 Å². The van der Waals surface area contributed by atoms with Gasteiger partial charge in [0.2, 0.25) is 5.91 Å². The van der Waals surface area contributed by atoms with Gasteiger partial charge in [-0.1, -0.05) is 36.4 Å². The summed E-state index contributed by atoms with van der Waals surface area (Å²) in [7, 11) is 0. The number of nitrogens with zero attached hydrogens (tertiary/aromatic N) is 1. The Labute approximate surface area is 117 Å². The number of rotatable bonds is 3. The molecule has 0 aliphatic carbocycles. The maximum atomic E-state index is 11.5. The van der Waals surface area contributed by atoms with Gasteiger partial charge in [-0.3, -0.25) is 15.1 Å². The lowest BCUT2D eigenvalue weighted by Gasteiger charge is -2.07. The Morgan fingerprint density at radius 1 is 1.10 bits per heavy atom. The van der Waals surface area contributed by atoms with E-state index in [9.17, 15) is 4.79 Å². The molecule has 2 aromatic rings. The van der Waals surface area contributed by atoms with Gasteiger partial charge in [0.15, 0.2) is 0 Å². The Hall–Kier alpha value is -2.62. The number of fused-ring (bicyclic) bond motifs is 1. The van der Waals surface area contributed by atoms with E-state index in [2.05, 4.69) is 10.6 Å². The highest BCUT2D eigenvalue weighted by molar-refractivity contribution is 5.96. The minimum absolute atomic E-state index is 0.407. The van der Waals surface area contributed by atoms with Crippen molar-refractivity contribution in [1.29, 1.82) is 0 Å². The van der Waals surface area contributed by atoms with Gasteiger partial charge < -0.3 is 5.73 Å². The van der Waals surface area contributed by atoms with Crippen LogP contribution in [0.5, 0.6) is 0 Å². The molecule has 100 valence electrons. The Balaban J connectivity index is 1.95. The van der Waals surface area contributed by atoms with Crippen LogP contribution in [-0.2, 0) is 13.1 Å². The quantitative estimate of drug-likeness (QED) is 0.820. The molecule has 1 aliphatic rings. The van der Waals surface area contributed by atoms with Crippen LogP contribution in [0.15, 0.2) is 48.5 Å². The molecule has 1 aliphatic heterocycles. The summed E-state index contributed by atoms with van der Waals surface area (Å²) in [4.78, 5) is 11.5. The maximum Gasteiger partial charge on any atom is 0.275 e. The molecular formula is C16H16N3O+. The molecule has 3 rings (SSSR count). The largest absolute Gasteiger partial charge is 0.366 e. The van der Waals surface area contributed by atoms with Crippen LogP contribution < -0.4 is 11.5 Å².